The largest absolute Gasteiger partial charge is 0.392 e. The second-order valence-corrected chi connectivity index (χ2v) is 5.26. The summed E-state index contributed by atoms with van der Waals surface area (Å²) in [6.07, 6.45) is 0. The van der Waals surface area contributed by atoms with E-state index in [2.05, 4.69) is 30.9 Å². The third kappa shape index (κ3) is 3.06. The zero-order valence-corrected chi connectivity index (χ0v) is 10.6. The lowest BCUT2D eigenvalue weighted by Crippen LogP contribution is -2.52. The van der Waals surface area contributed by atoms with Gasteiger partial charge in [0.05, 0.1) is 19.8 Å². The predicted octanol–water partition coefficient (Wildman–Crippen LogP) is 1.79. The van der Waals surface area contributed by atoms with Crippen LogP contribution in [0.2, 0.25) is 0 Å². The summed E-state index contributed by atoms with van der Waals surface area (Å²) in [5.41, 5.74) is 2.36. The minimum absolute atomic E-state index is 0.105. The van der Waals surface area contributed by atoms with Gasteiger partial charge in [0.25, 0.3) is 0 Å². The number of rotatable bonds is 3. The van der Waals surface area contributed by atoms with E-state index in [1.54, 1.807) is 0 Å². The van der Waals surface area contributed by atoms with Gasteiger partial charge in [0.2, 0.25) is 0 Å². The molecule has 0 spiro atoms. The number of hydrogen-bond donors (Lipinski definition) is 1. The molecule has 1 aliphatic heterocycles. The molecule has 3 heteroatoms. The lowest BCUT2D eigenvalue weighted by Gasteiger charge is -2.42. The predicted molar refractivity (Wildman–Crippen MR) is 67.7 cm³/mol. The van der Waals surface area contributed by atoms with Crippen LogP contribution in [0.25, 0.3) is 0 Å². The molecule has 1 aromatic carbocycles. The van der Waals surface area contributed by atoms with Crippen molar-refractivity contribution in [2.75, 3.05) is 19.8 Å². The van der Waals surface area contributed by atoms with Crippen molar-refractivity contribution in [2.24, 2.45) is 0 Å². The van der Waals surface area contributed by atoms with Crippen molar-refractivity contribution in [3.63, 3.8) is 0 Å². The van der Waals surface area contributed by atoms with E-state index in [0.29, 0.717) is 0 Å². The van der Waals surface area contributed by atoms with Crippen molar-refractivity contribution in [1.82, 2.24) is 4.90 Å². The second-order valence-electron chi connectivity index (χ2n) is 5.26. The van der Waals surface area contributed by atoms with E-state index >= 15 is 0 Å². The van der Waals surface area contributed by atoms with Crippen LogP contribution >= 0.6 is 0 Å². The fraction of sp³-hybridized carbons (Fsp3) is 0.571. The number of ether oxygens (including phenoxy) is 1. The molecule has 1 saturated heterocycles. The molecule has 0 aromatic heterocycles. The van der Waals surface area contributed by atoms with Gasteiger partial charge in [-0.3, -0.25) is 4.90 Å². The summed E-state index contributed by atoms with van der Waals surface area (Å²) in [6, 6.07) is 8.17. The Bertz CT molecular complexity index is 359. The van der Waals surface area contributed by atoms with Crippen LogP contribution in [-0.2, 0) is 17.9 Å². The lowest BCUT2D eigenvalue weighted by atomic mass is 10.0. The Morgan fingerprint density at radius 1 is 1.24 bits per heavy atom. The first kappa shape index (κ1) is 12.6. The molecule has 0 aliphatic carbocycles. The maximum atomic E-state index is 9.01. The molecule has 0 amide bonds. The fourth-order valence-electron chi connectivity index (χ4n) is 2.15. The van der Waals surface area contributed by atoms with Gasteiger partial charge in [-0.2, -0.15) is 0 Å². The highest BCUT2D eigenvalue weighted by Crippen LogP contribution is 2.21. The van der Waals surface area contributed by atoms with Gasteiger partial charge in [0.15, 0.2) is 0 Å². The topological polar surface area (TPSA) is 32.7 Å². The molecule has 1 aliphatic rings. The molecular formula is C14H21NO2. The molecule has 3 nitrogen and oxygen atoms in total. The fourth-order valence-corrected chi connectivity index (χ4v) is 2.15. The Hall–Kier alpha value is -0.900. The summed E-state index contributed by atoms with van der Waals surface area (Å²) in [7, 11) is 0. The van der Waals surface area contributed by atoms with Gasteiger partial charge in [-0.05, 0) is 25.0 Å². The summed E-state index contributed by atoms with van der Waals surface area (Å²) in [6.45, 7) is 8.09. The number of benzene rings is 1. The molecule has 0 saturated carbocycles. The van der Waals surface area contributed by atoms with E-state index in [9.17, 15) is 0 Å². The molecule has 0 atom stereocenters. The van der Waals surface area contributed by atoms with Crippen molar-refractivity contribution in [2.45, 2.75) is 32.5 Å². The third-order valence-corrected chi connectivity index (χ3v) is 3.40. The van der Waals surface area contributed by atoms with Crippen LogP contribution in [0.1, 0.15) is 25.0 Å². The highest BCUT2D eigenvalue weighted by molar-refractivity contribution is 5.22. The molecule has 1 fully saturated rings. The summed E-state index contributed by atoms with van der Waals surface area (Å²) >= 11 is 0. The van der Waals surface area contributed by atoms with Gasteiger partial charge in [-0.25, -0.2) is 0 Å². The van der Waals surface area contributed by atoms with E-state index in [1.165, 1.54) is 5.56 Å². The molecule has 1 heterocycles. The molecule has 0 unspecified atom stereocenters. The zero-order valence-electron chi connectivity index (χ0n) is 10.6. The first-order valence-electron chi connectivity index (χ1n) is 6.13. The number of nitrogens with zero attached hydrogens (tertiary/aromatic N) is 1. The minimum atomic E-state index is 0.105. The maximum Gasteiger partial charge on any atom is 0.0681 e. The van der Waals surface area contributed by atoms with E-state index in [0.717, 1.165) is 31.9 Å². The number of aliphatic hydroxyl groups is 1. The standard InChI is InChI=1S/C14H21NO2/c1-14(2)11-17-8-7-15(14)9-12-3-5-13(10-16)6-4-12/h3-6,16H,7-11H2,1-2H3. The lowest BCUT2D eigenvalue weighted by molar-refractivity contribution is -0.0552. The monoisotopic (exact) mass is 235 g/mol. The first-order chi connectivity index (χ1) is 8.12. The van der Waals surface area contributed by atoms with Gasteiger partial charge in [-0.15, -0.1) is 0 Å². The van der Waals surface area contributed by atoms with E-state index in [4.69, 9.17) is 9.84 Å². The van der Waals surface area contributed by atoms with Crippen molar-refractivity contribution in [3.05, 3.63) is 35.4 Å². The number of hydrogen-bond acceptors (Lipinski definition) is 3. The maximum absolute atomic E-state index is 9.01. The van der Waals surface area contributed by atoms with Crippen LogP contribution in [-0.4, -0.2) is 35.3 Å². The normalized spacial score (nSPS) is 20.4. The van der Waals surface area contributed by atoms with Crippen LogP contribution in [0.5, 0.6) is 0 Å². The average molecular weight is 235 g/mol. The third-order valence-electron chi connectivity index (χ3n) is 3.40. The minimum Gasteiger partial charge on any atom is -0.392 e. The van der Waals surface area contributed by atoms with Crippen molar-refractivity contribution >= 4 is 0 Å². The second kappa shape index (κ2) is 5.17. The Morgan fingerprint density at radius 3 is 2.47 bits per heavy atom. The van der Waals surface area contributed by atoms with Gasteiger partial charge in [0, 0.05) is 18.6 Å². The zero-order chi connectivity index (χ0) is 12.3. The quantitative estimate of drug-likeness (QED) is 0.867. The average Bonchev–Trinajstić information content (AvgIpc) is 2.33. The number of morpholine rings is 1. The first-order valence-corrected chi connectivity index (χ1v) is 6.13. The summed E-state index contributed by atoms with van der Waals surface area (Å²) in [4.78, 5) is 2.45. The van der Waals surface area contributed by atoms with Crippen LogP contribution in [0.4, 0.5) is 0 Å². The molecule has 0 radical (unpaired) electrons. The highest BCUT2D eigenvalue weighted by Gasteiger charge is 2.30. The van der Waals surface area contributed by atoms with E-state index in [-0.39, 0.29) is 12.1 Å². The van der Waals surface area contributed by atoms with Crippen molar-refractivity contribution < 1.29 is 9.84 Å². The van der Waals surface area contributed by atoms with Crippen molar-refractivity contribution in [3.8, 4) is 0 Å². The van der Waals surface area contributed by atoms with Crippen LogP contribution in [0, 0.1) is 0 Å². The number of aliphatic hydroxyl groups excluding tert-OH is 1. The van der Waals surface area contributed by atoms with Gasteiger partial charge in [0.1, 0.15) is 0 Å². The Morgan fingerprint density at radius 2 is 1.88 bits per heavy atom. The Kier molecular flexibility index (Phi) is 3.82. The molecular weight excluding hydrogens is 214 g/mol. The van der Waals surface area contributed by atoms with Crippen LogP contribution in [0.15, 0.2) is 24.3 Å². The SMILES string of the molecule is CC1(C)COCCN1Cc1ccc(CO)cc1. The summed E-state index contributed by atoms with van der Waals surface area (Å²) in [5, 5.41) is 9.01. The molecule has 2 rings (SSSR count). The Labute approximate surface area is 103 Å². The van der Waals surface area contributed by atoms with Gasteiger partial charge < -0.3 is 9.84 Å². The molecule has 0 bridgehead atoms. The molecule has 1 N–H and O–H groups in total. The van der Waals surface area contributed by atoms with Crippen LogP contribution < -0.4 is 0 Å². The highest BCUT2D eigenvalue weighted by atomic mass is 16.5. The molecule has 94 valence electrons. The smallest absolute Gasteiger partial charge is 0.0681 e. The summed E-state index contributed by atoms with van der Waals surface area (Å²) < 4.78 is 5.51. The summed E-state index contributed by atoms with van der Waals surface area (Å²) in [5.74, 6) is 0. The van der Waals surface area contributed by atoms with Crippen LogP contribution in [0.3, 0.4) is 0 Å². The molecule has 17 heavy (non-hydrogen) atoms. The van der Waals surface area contributed by atoms with E-state index < -0.39 is 0 Å². The Balaban J connectivity index is 2.03. The molecule has 1 aromatic rings. The van der Waals surface area contributed by atoms with Crippen molar-refractivity contribution in [1.29, 1.82) is 0 Å². The van der Waals surface area contributed by atoms with Gasteiger partial charge >= 0.3 is 0 Å². The van der Waals surface area contributed by atoms with Gasteiger partial charge in [-0.1, -0.05) is 24.3 Å². The van der Waals surface area contributed by atoms with E-state index in [1.807, 2.05) is 12.1 Å².